The van der Waals surface area contributed by atoms with Crippen molar-refractivity contribution in [3.63, 3.8) is 0 Å². The number of hydrogen-bond donors (Lipinski definition) is 0. The van der Waals surface area contributed by atoms with Crippen molar-refractivity contribution in [3.8, 4) is 20.9 Å². The Kier molecular flexibility index (Phi) is 5.95. The van der Waals surface area contributed by atoms with Crippen LogP contribution in [0.3, 0.4) is 0 Å². The molecule has 132 valence electrons. The van der Waals surface area contributed by atoms with E-state index in [-0.39, 0.29) is 0 Å². The third-order valence-corrected chi connectivity index (χ3v) is 5.57. The molecule has 2 aromatic carbocycles. The summed E-state index contributed by atoms with van der Waals surface area (Å²) in [4.78, 5) is 2.65. The van der Waals surface area contributed by atoms with Crippen molar-refractivity contribution in [2.24, 2.45) is 0 Å². The fourth-order valence-electron chi connectivity index (χ4n) is 2.52. The molecular formula is C19H13ClO4S2. The largest absolute Gasteiger partial charge is 0.239 e. The zero-order valence-electron chi connectivity index (χ0n) is 13.3. The molecule has 0 saturated heterocycles. The molecule has 0 saturated carbocycles. The number of hydrogen-bond acceptors (Lipinski definition) is 5. The van der Waals surface area contributed by atoms with Gasteiger partial charge in [-0.15, -0.1) is 21.6 Å². The van der Waals surface area contributed by atoms with Crippen LogP contribution in [0, 0.1) is 10.2 Å². The number of halogens is 1. The van der Waals surface area contributed by atoms with Gasteiger partial charge in [-0.2, -0.15) is 0 Å². The highest BCUT2D eigenvalue weighted by atomic mass is 35.7. The maximum absolute atomic E-state index is 8.49. The van der Waals surface area contributed by atoms with Crippen LogP contribution in [0.4, 0.5) is 0 Å². The standard InChI is InChI=1S/C19H13S2.ClHO4/c1-2-7-14(8-3-1)19-13-16(17-11-6-12-20-17)15-9-4-5-10-18(15)21-19;2-1(3,4)5/h1-13H;(H,2,3,4,5)/q+1;/p-1. The Balaban J connectivity index is 0.000000349. The van der Waals surface area contributed by atoms with E-state index in [1.54, 1.807) is 11.3 Å². The summed E-state index contributed by atoms with van der Waals surface area (Å²) in [5.41, 5.74) is 2.62. The van der Waals surface area contributed by atoms with Crippen molar-refractivity contribution in [1.29, 1.82) is 0 Å². The summed E-state index contributed by atoms with van der Waals surface area (Å²) in [6, 6.07) is 25.9. The van der Waals surface area contributed by atoms with Crippen molar-refractivity contribution >= 4 is 32.8 Å². The van der Waals surface area contributed by atoms with Crippen LogP contribution in [0.2, 0.25) is 0 Å². The summed E-state index contributed by atoms with van der Waals surface area (Å²) in [7, 11) is -4.94. The van der Waals surface area contributed by atoms with E-state index >= 15 is 0 Å². The van der Waals surface area contributed by atoms with Gasteiger partial charge in [0, 0.05) is 33.5 Å². The van der Waals surface area contributed by atoms with Gasteiger partial charge in [0.15, 0.2) is 0 Å². The van der Waals surface area contributed by atoms with Gasteiger partial charge in [0.2, 0.25) is 20.9 Å². The van der Waals surface area contributed by atoms with Crippen LogP contribution in [0.5, 0.6) is 0 Å². The van der Waals surface area contributed by atoms with Crippen LogP contribution in [0.25, 0.3) is 31.0 Å². The number of rotatable bonds is 2. The molecule has 2 heterocycles. The van der Waals surface area contributed by atoms with Gasteiger partial charge in [0.25, 0.3) is 0 Å². The number of fused-ring (bicyclic) bond motifs is 1. The second kappa shape index (κ2) is 8.20. The molecule has 0 radical (unpaired) electrons. The zero-order chi connectivity index (χ0) is 18.6. The van der Waals surface area contributed by atoms with Gasteiger partial charge in [-0.3, -0.25) is 0 Å². The highest BCUT2D eigenvalue weighted by Gasteiger charge is 2.18. The maximum atomic E-state index is 8.49. The summed E-state index contributed by atoms with van der Waals surface area (Å²) in [5.74, 6) is 0. The van der Waals surface area contributed by atoms with Gasteiger partial charge < -0.3 is 0 Å². The number of benzene rings is 2. The van der Waals surface area contributed by atoms with E-state index in [1.165, 1.54) is 31.0 Å². The Morgan fingerprint density at radius 2 is 1.42 bits per heavy atom. The molecule has 0 spiro atoms. The van der Waals surface area contributed by atoms with Crippen molar-refractivity contribution < 1.29 is 28.9 Å². The Labute approximate surface area is 160 Å². The van der Waals surface area contributed by atoms with Crippen molar-refractivity contribution in [1.82, 2.24) is 0 Å². The topological polar surface area (TPSA) is 92.2 Å². The fourth-order valence-corrected chi connectivity index (χ4v) is 4.37. The summed E-state index contributed by atoms with van der Waals surface area (Å²) in [6.45, 7) is 0. The molecule has 2 aromatic heterocycles. The Bertz CT molecular complexity index is 978. The molecule has 0 bridgehead atoms. The first-order valence-corrected chi connectivity index (χ1v) is 10.4. The minimum absolute atomic E-state index is 1.28. The fraction of sp³-hybridized carbons (Fsp3) is 0. The van der Waals surface area contributed by atoms with Gasteiger partial charge in [-0.05, 0) is 29.6 Å². The molecule has 0 aliphatic rings. The summed E-state index contributed by atoms with van der Waals surface area (Å²) in [6.07, 6.45) is 0. The first-order valence-electron chi connectivity index (χ1n) is 7.49. The first kappa shape index (κ1) is 18.9. The smallest absolute Gasteiger partial charge is 0.222 e. The third kappa shape index (κ3) is 5.06. The van der Waals surface area contributed by atoms with Crippen LogP contribution in [-0.2, 0) is 0 Å². The molecular weight excluding hydrogens is 392 g/mol. The van der Waals surface area contributed by atoms with E-state index in [1.807, 2.05) is 11.3 Å². The lowest BCUT2D eigenvalue weighted by Gasteiger charge is -2.17. The molecule has 0 amide bonds. The van der Waals surface area contributed by atoms with Gasteiger partial charge in [0.05, 0.1) is 0 Å². The van der Waals surface area contributed by atoms with E-state index < -0.39 is 10.2 Å². The van der Waals surface area contributed by atoms with Gasteiger partial charge in [-0.1, -0.05) is 36.4 Å². The molecule has 0 unspecified atom stereocenters. The average Bonchev–Trinajstić information content (AvgIpc) is 3.14. The Morgan fingerprint density at radius 3 is 2.08 bits per heavy atom. The molecule has 0 aliphatic carbocycles. The molecule has 7 heteroatoms. The van der Waals surface area contributed by atoms with E-state index in [4.69, 9.17) is 18.6 Å². The molecule has 4 nitrogen and oxygen atoms in total. The summed E-state index contributed by atoms with van der Waals surface area (Å²) < 4.78 is 35.3. The minimum atomic E-state index is -4.94. The quantitative estimate of drug-likeness (QED) is 0.476. The molecule has 0 aliphatic heterocycles. The molecule has 4 aromatic rings. The SMILES string of the molecule is [O-][Cl+3]([O-])([O-])[O-].c1ccc(-c2cc(-c3cccs3)c3ccccc3[s+]2)cc1. The number of thiophene rings is 1. The minimum Gasteiger partial charge on any atom is -0.222 e. The van der Waals surface area contributed by atoms with Crippen molar-refractivity contribution in [3.05, 3.63) is 78.2 Å². The molecule has 26 heavy (non-hydrogen) atoms. The van der Waals surface area contributed by atoms with Gasteiger partial charge >= 0.3 is 0 Å². The van der Waals surface area contributed by atoms with E-state index in [2.05, 4.69) is 78.2 Å². The Hall–Kier alpha value is -1.90. The van der Waals surface area contributed by atoms with Crippen LogP contribution in [0.15, 0.2) is 78.2 Å². The molecule has 0 fully saturated rings. The van der Waals surface area contributed by atoms with E-state index in [9.17, 15) is 0 Å². The molecule has 4 rings (SSSR count). The highest BCUT2D eigenvalue weighted by Crippen LogP contribution is 2.39. The zero-order valence-corrected chi connectivity index (χ0v) is 15.7. The lowest BCUT2D eigenvalue weighted by molar-refractivity contribution is -2.00. The average molecular weight is 405 g/mol. The van der Waals surface area contributed by atoms with Crippen molar-refractivity contribution in [2.75, 3.05) is 0 Å². The van der Waals surface area contributed by atoms with Gasteiger partial charge in [0.1, 0.15) is 0 Å². The van der Waals surface area contributed by atoms with Crippen LogP contribution in [0.1, 0.15) is 0 Å². The lowest BCUT2D eigenvalue weighted by Crippen LogP contribution is -2.68. The second-order valence-corrected chi connectivity index (χ2v) is 8.03. The Morgan fingerprint density at radius 1 is 0.769 bits per heavy atom. The van der Waals surface area contributed by atoms with E-state index in [0.717, 1.165) is 0 Å². The summed E-state index contributed by atoms with van der Waals surface area (Å²) >= 11 is 3.66. The van der Waals surface area contributed by atoms with Crippen LogP contribution >= 0.6 is 22.7 Å². The third-order valence-electron chi connectivity index (χ3n) is 3.52. The van der Waals surface area contributed by atoms with Crippen LogP contribution in [-0.4, -0.2) is 0 Å². The summed E-state index contributed by atoms with van der Waals surface area (Å²) in [5, 5.41) is 3.48. The molecule has 0 N–H and O–H groups in total. The second-order valence-electron chi connectivity index (χ2n) is 5.24. The predicted molar refractivity (Wildman–Crippen MR) is 95.0 cm³/mol. The highest BCUT2D eigenvalue weighted by molar-refractivity contribution is 7.21. The normalized spacial score (nSPS) is 11.1. The van der Waals surface area contributed by atoms with Crippen molar-refractivity contribution in [2.45, 2.75) is 0 Å². The lowest BCUT2D eigenvalue weighted by atomic mass is 10.1. The first-order chi connectivity index (χ1) is 12.4. The van der Waals surface area contributed by atoms with Gasteiger partial charge in [-0.25, -0.2) is 18.6 Å². The van der Waals surface area contributed by atoms with E-state index in [0.29, 0.717) is 0 Å². The monoisotopic (exact) mass is 404 g/mol. The molecule has 0 atom stereocenters. The maximum Gasteiger partial charge on any atom is 0.239 e. The van der Waals surface area contributed by atoms with Crippen LogP contribution < -0.4 is 18.6 Å². The predicted octanol–water partition coefficient (Wildman–Crippen LogP) is 1.82.